The molecule has 248 valence electrons. The number of ether oxygens (including phenoxy) is 2. The standard InChI is InChI=1S/C34H40FN7O4S/c1-21(2)31(36)33(43)45-16-15-41-11-13-42(14-12-41)20-22-3-7-26(38-19-22)30-18-27-32(47-30)29(9-10-37-27)46-28-8-6-24(17-25(28)35)40-34(44)39-23-4-5-23/h3,6-10,17-19,21,23,31H,4-5,11-16,20,36H2,1-2H3,(H2,39,40,44). The summed E-state index contributed by atoms with van der Waals surface area (Å²) in [7, 11) is 0. The van der Waals surface area contributed by atoms with Crippen LogP contribution in [0.3, 0.4) is 0 Å². The van der Waals surface area contributed by atoms with Crippen molar-refractivity contribution in [3.05, 3.63) is 66.2 Å². The molecule has 4 N–H and O–H groups in total. The number of anilines is 1. The van der Waals surface area contributed by atoms with Gasteiger partial charge < -0.3 is 25.8 Å². The molecular weight excluding hydrogens is 621 g/mol. The van der Waals surface area contributed by atoms with E-state index in [1.807, 2.05) is 32.2 Å². The Hall–Kier alpha value is -4.17. The first-order valence-corrected chi connectivity index (χ1v) is 16.8. The molecule has 47 heavy (non-hydrogen) atoms. The maximum absolute atomic E-state index is 14.9. The van der Waals surface area contributed by atoms with Crippen molar-refractivity contribution in [1.82, 2.24) is 25.1 Å². The maximum atomic E-state index is 14.9. The average Bonchev–Trinajstić information content (AvgIpc) is 3.76. The van der Waals surface area contributed by atoms with E-state index in [1.165, 1.54) is 23.5 Å². The normalized spacial score (nSPS) is 16.3. The molecule has 1 aliphatic heterocycles. The van der Waals surface area contributed by atoms with Crippen LogP contribution in [0.5, 0.6) is 11.5 Å². The Balaban J connectivity index is 1.02. The third kappa shape index (κ3) is 8.60. The van der Waals surface area contributed by atoms with Gasteiger partial charge in [0, 0.05) is 75.5 Å². The van der Waals surface area contributed by atoms with Gasteiger partial charge in [0.1, 0.15) is 18.4 Å². The van der Waals surface area contributed by atoms with Crippen LogP contribution in [-0.2, 0) is 16.1 Å². The van der Waals surface area contributed by atoms with Gasteiger partial charge >= 0.3 is 12.0 Å². The summed E-state index contributed by atoms with van der Waals surface area (Å²) < 4.78 is 27.1. The minimum absolute atomic E-state index is 0.0544. The number of fused-ring (bicyclic) bond motifs is 1. The second-order valence-corrected chi connectivity index (χ2v) is 13.4. The predicted octanol–water partition coefficient (Wildman–Crippen LogP) is 5.22. The summed E-state index contributed by atoms with van der Waals surface area (Å²) in [5, 5.41) is 5.47. The first kappa shape index (κ1) is 32.8. The lowest BCUT2D eigenvalue weighted by Crippen LogP contribution is -2.47. The third-order valence-electron chi connectivity index (χ3n) is 8.29. The number of urea groups is 1. The summed E-state index contributed by atoms with van der Waals surface area (Å²) in [6.45, 7) is 9.33. The number of benzene rings is 1. The van der Waals surface area contributed by atoms with Crippen LogP contribution in [-0.4, -0.2) is 83.2 Å². The Labute approximate surface area is 277 Å². The molecule has 1 aromatic carbocycles. The van der Waals surface area contributed by atoms with Crippen LogP contribution in [0.1, 0.15) is 32.3 Å². The lowest BCUT2D eigenvalue weighted by atomic mass is 10.1. The number of esters is 1. The van der Waals surface area contributed by atoms with E-state index >= 15 is 0 Å². The molecule has 0 bridgehead atoms. The molecule has 2 fully saturated rings. The van der Waals surface area contributed by atoms with Crippen molar-refractivity contribution in [3.63, 3.8) is 0 Å². The number of carbonyl (C=O) groups is 2. The highest BCUT2D eigenvalue weighted by atomic mass is 32.1. The molecule has 0 radical (unpaired) electrons. The van der Waals surface area contributed by atoms with Gasteiger partial charge in [-0.15, -0.1) is 11.3 Å². The number of carbonyl (C=O) groups excluding carboxylic acids is 2. The largest absolute Gasteiger partial charge is 0.463 e. The van der Waals surface area contributed by atoms with E-state index in [-0.39, 0.29) is 29.7 Å². The first-order chi connectivity index (χ1) is 22.7. The predicted molar refractivity (Wildman–Crippen MR) is 180 cm³/mol. The van der Waals surface area contributed by atoms with Crippen molar-refractivity contribution in [1.29, 1.82) is 0 Å². The molecule has 0 spiro atoms. The quantitative estimate of drug-likeness (QED) is 0.175. The number of halogens is 1. The van der Waals surface area contributed by atoms with Gasteiger partial charge in [-0.3, -0.25) is 24.6 Å². The molecule has 3 aromatic heterocycles. The van der Waals surface area contributed by atoms with Crippen molar-refractivity contribution in [3.8, 4) is 22.1 Å². The van der Waals surface area contributed by atoms with Gasteiger partial charge in [0.25, 0.3) is 0 Å². The monoisotopic (exact) mass is 661 g/mol. The van der Waals surface area contributed by atoms with E-state index in [1.54, 1.807) is 18.3 Å². The van der Waals surface area contributed by atoms with E-state index in [4.69, 9.17) is 20.2 Å². The van der Waals surface area contributed by atoms with Crippen LogP contribution in [0.2, 0.25) is 0 Å². The summed E-state index contributed by atoms with van der Waals surface area (Å²) in [6, 6.07) is 11.4. The summed E-state index contributed by atoms with van der Waals surface area (Å²) in [4.78, 5) is 38.8. The van der Waals surface area contributed by atoms with Gasteiger partial charge in [-0.1, -0.05) is 19.9 Å². The summed E-state index contributed by atoms with van der Waals surface area (Å²) in [6.07, 6.45) is 5.48. The van der Waals surface area contributed by atoms with Gasteiger partial charge in [-0.05, 0) is 48.6 Å². The van der Waals surface area contributed by atoms with Crippen molar-refractivity contribution < 1.29 is 23.5 Å². The number of nitrogens with two attached hydrogens (primary N) is 1. The highest BCUT2D eigenvalue weighted by Crippen LogP contribution is 2.39. The van der Waals surface area contributed by atoms with Crippen LogP contribution >= 0.6 is 11.3 Å². The average molecular weight is 662 g/mol. The number of nitrogens with zero attached hydrogens (tertiary/aromatic N) is 4. The smallest absolute Gasteiger partial charge is 0.323 e. The second kappa shape index (κ2) is 14.7. The molecule has 1 aliphatic carbocycles. The second-order valence-electron chi connectivity index (χ2n) is 12.4. The van der Waals surface area contributed by atoms with Crippen LogP contribution < -0.4 is 21.1 Å². The fourth-order valence-electron chi connectivity index (χ4n) is 5.22. The zero-order chi connectivity index (χ0) is 32.9. The highest BCUT2D eigenvalue weighted by molar-refractivity contribution is 7.22. The molecule has 11 nitrogen and oxygen atoms in total. The lowest BCUT2D eigenvalue weighted by Gasteiger charge is -2.34. The molecule has 6 rings (SSSR count). The van der Waals surface area contributed by atoms with Crippen molar-refractivity contribution in [2.45, 2.75) is 45.3 Å². The molecule has 4 heterocycles. The fourth-order valence-corrected chi connectivity index (χ4v) is 6.26. The van der Waals surface area contributed by atoms with E-state index < -0.39 is 11.9 Å². The molecule has 1 saturated carbocycles. The number of hydrogen-bond donors (Lipinski definition) is 3. The van der Waals surface area contributed by atoms with Gasteiger partial charge in [-0.2, -0.15) is 0 Å². The Morgan fingerprint density at radius 1 is 1.04 bits per heavy atom. The van der Waals surface area contributed by atoms with Gasteiger partial charge in [0.2, 0.25) is 0 Å². The van der Waals surface area contributed by atoms with Crippen molar-refractivity contribution >= 4 is 39.2 Å². The Kier molecular flexibility index (Phi) is 10.3. The number of aromatic nitrogens is 2. The van der Waals surface area contributed by atoms with Crippen molar-refractivity contribution in [2.24, 2.45) is 11.7 Å². The minimum atomic E-state index is -0.581. The fraction of sp³-hybridized carbons (Fsp3) is 0.412. The number of amides is 2. The highest BCUT2D eigenvalue weighted by Gasteiger charge is 2.24. The molecule has 1 unspecified atom stereocenters. The maximum Gasteiger partial charge on any atom is 0.323 e. The summed E-state index contributed by atoms with van der Waals surface area (Å²) in [5.41, 5.74) is 8.90. The van der Waals surface area contributed by atoms with Gasteiger partial charge in [0.05, 0.1) is 20.8 Å². The SMILES string of the molecule is CC(C)C(N)C(=O)OCCN1CCN(Cc2ccc(-c3cc4nccc(Oc5ccc(NC(=O)NC6CC6)cc5F)c4s3)nc2)CC1. The number of hydrogen-bond acceptors (Lipinski definition) is 10. The molecule has 2 aliphatic rings. The van der Waals surface area contributed by atoms with Crippen LogP contribution in [0.15, 0.2) is 54.9 Å². The van der Waals surface area contributed by atoms with Crippen LogP contribution in [0.4, 0.5) is 14.9 Å². The van der Waals surface area contributed by atoms with E-state index in [0.29, 0.717) is 24.6 Å². The topological polar surface area (TPSA) is 135 Å². The third-order valence-corrected chi connectivity index (χ3v) is 9.45. The first-order valence-electron chi connectivity index (χ1n) is 16.0. The van der Waals surface area contributed by atoms with E-state index in [2.05, 4.69) is 31.5 Å². The molecule has 4 aromatic rings. The minimum Gasteiger partial charge on any atom is -0.463 e. The van der Waals surface area contributed by atoms with Crippen LogP contribution in [0.25, 0.3) is 20.8 Å². The lowest BCUT2D eigenvalue weighted by molar-refractivity contribution is -0.146. The number of piperazine rings is 1. The zero-order valence-corrected chi connectivity index (χ0v) is 27.4. The zero-order valence-electron chi connectivity index (χ0n) is 26.6. The Morgan fingerprint density at radius 3 is 2.53 bits per heavy atom. The number of rotatable bonds is 12. The summed E-state index contributed by atoms with van der Waals surface area (Å²) in [5.74, 6) is -0.313. The molecular formula is C34H40FN7O4S. The number of pyridine rings is 2. The van der Waals surface area contributed by atoms with E-state index in [9.17, 15) is 14.0 Å². The van der Waals surface area contributed by atoms with Gasteiger partial charge in [-0.25, -0.2) is 9.18 Å². The number of nitrogens with one attached hydrogen (secondary N) is 2. The molecule has 13 heteroatoms. The summed E-state index contributed by atoms with van der Waals surface area (Å²) >= 11 is 1.49. The Bertz CT molecular complexity index is 1700. The van der Waals surface area contributed by atoms with Gasteiger partial charge in [0.15, 0.2) is 11.6 Å². The Morgan fingerprint density at radius 2 is 1.83 bits per heavy atom. The number of thiophene rings is 1. The van der Waals surface area contributed by atoms with E-state index in [0.717, 1.165) is 71.9 Å². The molecule has 2 amide bonds. The molecule has 1 atom stereocenters. The van der Waals surface area contributed by atoms with Crippen molar-refractivity contribution in [2.75, 3.05) is 44.6 Å². The van der Waals surface area contributed by atoms with Crippen LogP contribution in [0, 0.1) is 11.7 Å². The molecule has 1 saturated heterocycles.